The number of nitrogen functional groups attached to an aromatic ring is 1. The molecule has 200 valence electrons. The van der Waals surface area contributed by atoms with Crippen LogP contribution in [0.4, 0.5) is 17.5 Å². The summed E-state index contributed by atoms with van der Waals surface area (Å²) in [7, 11) is 0. The van der Waals surface area contributed by atoms with Crippen LogP contribution in [0.5, 0.6) is 0 Å². The topological polar surface area (TPSA) is 110 Å². The standard InChI is InChI=1S/C31H29N7O2/c1-21(35-29-25(33-2)20-34-31(32)36-29)26-19-23-13-10-12-22(11-6-7-16-27(39)37-17-8-9-18-37)28(23)30(40)38(26)24-14-4-3-5-15-24/h3-5,10,12-15,19-21H,7-9,16-18H2,1H3,(H3,32,34,35,36)/t21-/m0/s1. The van der Waals surface area contributed by atoms with Crippen molar-refractivity contribution in [3.8, 4) is 17.5 Å². The molecule has 5 rings (SSSR count). The molecule has 9 heteroatoms. The van der Waals surface area contributed by atoms with E-state index in [1.807, 2.05) is 66.4 Å². The second-order valence-electron chi connectivity index (χ2n) is 9.64. The van der Waals surface area contributed by atoms with Crippen LogP contribution in [-0.2, 0) is 4.79 Å². The molecule has 1 fully saturated rings. The van der Waals surface area contributed by atoms with Gasteiger partial charge in [-0.15, -0.1) is 0 Å². The average Bonchev–Trinajstić information content (AvgIpc) is 3.51. The molecule has 2 aromatic heterocycles. The number of carbonyl (C=O) groups is 1. The Morgan fingerprint density at radius 2 is 1.95 bits per heavy atom. The van der Waals surface area contributed by atoms with Crippen LogP contribution < -0.4 is 16.6 Å². The van der Waals surface area contributed by atoms with Crippen LogP contribution in [0.15, 0.2) is 65.6 Å². The predicted octanol–water partition coefficient (Wildman–Crippen LogP) is 4.84. The van der Waals surface area contributed by atoms with E-state index < -0.39 is 6.04 Å². The number of rotatable bonds is 6. The van der Waals surface area contributed by atoms with E-state index >= 15 is 0 Å². The van der Waals surface area contributed by atoms with Gasteiger partial charge in [0.15, 0.2) is 0 Å². The molecule has 2 aromatic carbocycles. The molecule has 4 aromatic rings. The lowest BCUT2D eigenvalue weighted by atomic mass is 10.0. The van der Waals surface area contributed by atoms with Gasteiger partial charge in [0.05, 0.1) is 18.0 Å². The summed E-state index contributed by atoms with van der Waals surface area (Å²) in [5.74, 6) is 6.74. The molecule has 40 heavy (non-hydrogen) atoms. The first kappa shape index (κ1) is 26.5. The molecule has 1 atom stereocenters. The first-order valence-electron chi connectivity index (χ1n) is 13.2. The predicted molar refractivity (Wildman–Crippen MR) is 156 cm³/mol. The molecule has 0 saturated carbocycles. The molecule has 9 nitrogen and oxygen atoms in total. The zero-order chi connectivity index (χ0) is 28.1. The molecule has 0 radical (unpaired) electrons. The van der Waals surface area contributed by atoms with Crippen LogP contribution in [0.2, 0.25) is 0 Å². The minimum Gasteiger partial charge on any atom is -0.371 e. The maximum absolute atomic E-state index is 14.1. The molecule has 3 heterocycles. The second kappa shape index (κ2) is 11.7. The number of fused-ring (bicyclic) bond motifs is 1. The first-order chi connectivity index (χ1) is 19.5. The summed E-state index contributed by atoms with van der Waals surface area (Å²) in [5, 5.41) is 4.49. The van der Waals surface area contributed by atoms with E-state index in [1.54, 1.807) is 4.57 Å². The number of hydrogen-bond acceptors (Lipinski definition) is 6. The lowest BCUT2D eigenvalue weighted by Crippen LogP contribution is -2.27. The zero-order valence-corrected chi connectivity index (χ0v) is 22.2. The van der Waals surface area contributed by atoms with Crippen LogP contribution >= 0.6 is 0 Å². The van der Waals surface area contributed by atoms with Crippen molar-refractivity contribution in [1.82, 2.24) is 19.4 Å². The molecule has 0 aliphatic carbocycles. The number of nitrogens with one attached hydrogen (secondary N) is 1. The fraction of sp³-hybridized carbons (Fsp3) is 0.258. The van der Waals surface area contributed by atoms with Crippen LogP contribution in [0.25, 0.3) is 21.3 Å². The minimum atomic E-state index is -0.418. The Hall–Kier alpha value is -5.15. The quantitative estimate of drug-likeness (QED) is 0.272. The molecule has 1 saturated heterocycles. The summed E-state index contributed by atoms with van der Waals surface area (Å²) in [6.07, 6.45) is 4.30. The Bertz CT molecular complexity index is 1720. The summed E-state index contributed by atoms with van der Waals surface area (Å²) in [4.78, 5) is 40.0. The number of likely N-dealkylation sites (tertiary alicyclic amines) is 1. The van der Waals surface area contributed by atoms with Crippen molar-refractivity contribution in [3.05, 3.63) is 93.8 Å². The van der Waals surface area contributed by atoms with Gasteiger partial charge in [0.2, 0.25) is 17.5 Å². The smallest absolute Gasteiger partial charge is 0.264 e. The summed E-state index contributed by atoms with van der Waals surface area (Å²) in [6, 6.07) is 16.5. The van der Waals surface area contributed by atoms with Gasteiger partial charge < -0.3 is 16.0 Å². The first-order valence-corrected chi connectivity index (χ1v) is 13.2. The maximum atomic E-state index is 14.1. The third-order valence-electron chi connectivity index (χ3n) is 6.94. The summed E-state index contributed by atoms with van der Waals surface area (Å²) >= 11 is 0. The summed E-state index contributed by atoms with van der Waals surface area (Å²) in [5.41, 5.74) is 7.79. The monoisotopic (exact) mass is 531 g/mol. The van der Waals surface area contributed by atoms with Gasteiger partial charge in [-0.25, -0.2) is 14.8 Å². The van der Waals surface area contributed by atoms with Gasteiger partial charge in [-0.3, -0.25) is 14.2 Å². The van der Waals surface area contributed by atoms with Crippen molar-refractivity contribution < 1.29 is 4.79 Å². The van der Waals surface area contributed by atoms with Crippen LogP contribution in [0.3, 0.4) is 0 Å². The van der Waals surface area contributed by atoms with Gasteiger partial charge in [-0.2, -0.15) is 0 Å². The normalized spacial score (nSPS) is 13.3. The van der Waals surface area contributed by atoms with E-state index in [2.05, 4.69) is 32.0 Å². The molecule has 1 amide bonds. The van der Waals surface area contributed by atoms with Crippen molar-refractivity contribution in [2.75, 3.05) is 24.1 Å². The van der Waals surface area contributed by atoms with E-state index in [0.29, 0.717) is 41.0 Å². The van der Waals surface area contributed by atoms with Crippen molar-refractivity contribution in [3.63, 3.8) is 0 Å². The number of anilines is 2. The second-order valence-corrected chi connectivity index (χ2v) is 9.64. The lowest BCUT2D eigenvalue weighted by molar-refractivity contribution is -0.129. The van der Waals surface area contributed by atoms with Crippen molar-refractivity contribution >= 4 is 34.1 Å². The van der Waals surface area contributed by atoms with E-state index in [4.69, 9.17) is 12.3 Å². The van der Waals surface area contributed by atoms with Crippen LogP contribution in [0, 0.1) is 18.4 Å². The molecule has 0 spiro atoms. The number of benzene rings is 2. The van der Waals surface area contributed by atoms with Crippen molar-refractivity contribution in [1.29, 1.82) is 0 Å². The fourth-order valence-corrected chi connectivity index (χ4v) is 4.96. The van der Waals surface area contributed by atoms with E-state index in [-0.39, 0.29) is 23.1 Å². The molecular weight excluding hydrogens is 502 g/mol. The number of carbonyl (C=O) groups excluding carboxylic acids is 1. The molecular formula is C31H29N7O2. The third kappa shape index (κ3) is 5.50. The highest BCUT2D eigenvalue weighted by Gasteiger charge is 2.20. The highest BCUT2D eigenvalue weighted by atomic mass is 16.2. The number of aromatic nitrogens is 3. The van der Waals surface area contributed by atoms with Gasteiger partial charge in [0, 0.05) is 49.1 Å². The fourth-order valence-electron chi connectivity index (χ4n) is 4.96. The summed E-state index contributed by atoms with van der Waals surface area (Å²) < 4.78 is 1.66. The van der Waals surface area contributed by atoms with Crippen LogP contribution in [-0.4, -0.2) is 38.4 Å². The molecule has 3 N–H and O–H groups in total. The highest BCUT2D eigenvalue weighted by molar-refractivity contribution is 5.88. The van der Waals surface area contributed by atoms with Crippen LogP contribution in [0.1, 0.15) is 49.9 Å². The van der Waals surface area contributed by atoms with E-state index in [1.165, 1.54) is 6.20 Å². The number of pyridine rings is 1. The molecule has 0 bridgehead atoms. The number of amides is 1. The lowest BCUT2D eigenvalue weighted by Gasteiger charge is -2.22. The number of para-hydroxylation sites is 1. The number of nitrogens with two attached hydrogens (primary N) is 1. The highest BCUT2D eigenvalue weighted by Crippen LogP contribution is 2.29. The van der Waals surface area contributed by atoms with Gasteiger partial charge in [0.25, 0.3) is 5.56 Å². The molecule has 1 aliphatic rings. The third-order valence-corrected chi connectivity index (χ3v) is 6.94. The Balaban J connectivity index is 1.54. The number of hydrogen-bond donors (Lipinski definition) is 2. The van der Waals surface area contributed by atoms with Gasteiger partial charge in [-0.05, 0) is 49.4 Å². The number of nitrogens with zero attached hydrogens (tertiary/aromatic N) is 5. The largest absolute Gasteiger partial charge is 0.371 e. The average molecular weight is 532 g/mol. The molecule has 1 aliphatic heterocycles. The van der Waals surface area contributed by atoms with E-state index in [0.717, 1.165) is 31.3 Å². The Kier molecular flexibility index (Phi) is 7.75. The Morgan fingerprint density at radius 1 is 1.18 bits per heavy atom. The zero-order valence-electron chi connectivity index (χ0n) is 22.2. The van der Waals surface area contributed by atoms with Gasteiger partial charge in [-0.1, -0.05) is 42.2 Å². The van der Waals surface area contributed by atoms with Gasteiger partial charge >= 0.3 is 0 Å². The minimum absolute atomic E-state index is 0.0476. The molecule has 0 unspecified atom stereocenters. The Labute approximate surface area is 232 Å². The maximum Gasteiger partial charge on any atom is 0.264 e. The van der Waals surface area contributed by atoms with Crippen molar-refractivity contribution in [2.45, 2.75) is 38.6 Å². The van der Waals surface area contributed by atoms with Crippen molar-refractivity contribution in [2.24, 2.45) is 0 Å². The SMILES string of the molecule is [C-]#[N+]c1cnc(N)nc1N[C@@H](C)c1cc2cccc(C#CCCC(=O)N3CCCC3)c2c(=O)n1-c1ccccc1. The summed E-state index contributed by atoms with van der Waals surface area (Å²) in [6.45, 7) is 11.0. The van der Waals surface area contributed by atoms with E-state index in [9.17, 15) is 9.59 Å². The Morgan fingerprint density at radius 3 is 2.70 bits per heavy atom. The van der Waals surface area contributed by atoms with Gasteiger partial charge in [0.1, 0.15) is 5.82 Å².